The molecule has 3 N–H and O–H groups in total. The highest BCUT2D eigenvalue weighted by Crippen LogP contribution is 2.17. The Labute approximate surface area is 160 Å². The molecule has 5 nitrogen and oxygen atoms in total. The Balaban J connectivity index is 0.00000243. The molecule has 2 amide bonds. The number of benzene rings is 2. The number of rotatable bonds is 6. The van der Waals surface area contributed by atoms with E-state index in [0.29, 0.717) is 25.8 Å². The smallest absolute Gasteiger partial charge is 0.224 e. The van der Waals surface area contributed by atoms with Crippen LogP contribution in [-0.4, -0.2) is 23.3 Å². The fourth-order valence-corrected chi connectivity index (χ4v) is 3.02. The first-order valence-electron chi connectivity index (χ1n) is 8.62. The first-order chi connectivity index (χ1) is 12.1. The summed E-state index contributed by atoms with van der Waals surface area (Å²) >= 11 is 0. The van der Waals surface area contributed by atoms with E-state index in [4.69, 9.17) is 5.73 Å². The number of aryl methyl sites for hydroxylation is 1. The predicted octanol–water partition coefficient (Wildman–Crippen LogP) is 3.38. The first kappa shape index (κ1) is 19.8. The van der Waals surface area contributed by atoms with E-state index in [0.717, 1.165) is 35.5 Å². The normalized spacial score (nSPS) is 13.4. The number of halogens is 1. The maximum absolute atomic E-state index is 12.1. The van der Waals surface area contributed by atoms with Gasteiger partial charge < -0.3 is 16.0 Å². The van der Waals surface area contributed by atoms with Crippen LogP contribution in [0.2, 0.25) is 0 Å². The van der Waals surface area contributed by atoms with E-state index in [1.807, 2.05) is 53.4 Å². The summed E-state index contributed by atoms with van der Waals surface area (Å²) < 4.78 is 0. The second-order valence-electron chi connectivity index (χ2n) is 6.36. The zero-order valence-corrected chi connectivity index (χ0v) is 15.4. The van der Waals surface area contributed by atoms with Gasteiger partial charge in [0.05, 0.1) is 0 Å². The lowest BCUT2D eigenvalue weighted by atomic mass is 10.1. The topological polar surface area (TPSA) is 75.4 Å². The molecule has 1 fully saturated rings. The molecule has 1 heterocycles. The molecule has 0 unspecified atom stereocenters. The van der Waals surface area contributed by atoms with Crippen LogP contribution in [0, 0.1) is 0 Å². The van der Waals surface area contributed by atoms with Gasteiger partial charge >= 0.3 is 0 Å². The number of carbonyl (C=O) groups is 2. The van der Waals surface area contributed by atoms with Gasteiger partial charge in [0, 0.05) is 37.3 Å². The molecule has 26 heavy (non-hydrogen) atoms. The summed E-state index contributed by atoms with van der Waals surface area (Å²) in [5, 5.41) is 2.90. The Hall–Kier alpha value is -2.53. The lowest BCUT2D eigenvalue weighted by molar-refractivity contribution is -0.128. The zero-order chi connectivity index (χ0) is 17.6. The first-order valence-corrected chi connectivity index (χ1v) is 8.62. The number of nitrogen functional groups attached to an aromatic ring is 1. The number of nitrogens with one attached hydrogen (secondary N) is 1. The van der Waals surface area contributed by atoms with Gasteiger partial charge in [0.15, 0.2) is 0 Å². The highest BCUT2D eigenvalue weighted by molar-refractivity contribution is 5.90. The van der Waals surface area contributed by atoms with E-state index >= 15 is 0 Å². The van der Waals surface area contributed by atoms with Gasteiger partial charge in [0.25, 0.3) is 0 Å². The molecule has 138 valence electrons. The van der Waals surface area contributed by atoms with Gasteiger partial charge in [-0.3, -0.25) is 9.59 Å². The summed E-state index contributed by atoms with van der Waals surface area (Å²) in [5.74, 6) is 0.184. The molecule has 0 radical (unpaired) electrons. The SMILES string of the molecule is Cl.Nc1ccccc1CCC(=O)Nc1ccc(CN2CCCC2=O)cc1. The maximum atomic E-state index is 12.1. The van der Waals surface area contributed by atoms with Crippen molar-refractivity contribution in [3.05, 3.63) is 59.7 Å². The van der Waals surface area contributed by atoms with Crippen molar-refractivity contribution in [2.24, 2.45) is 0 Å². The highest BCUT2D eigenvalue weighted by Gasteiger charge is 2.19. The summed E-state index contributed by atoms with van der Waals surface area (Å²) in [6.07, 6.45) is 2.60. The number of likely N-dealkylation sites (tertiary alicyclic amines) is 1. The fourth-order valence-electron chi connectivity index (χ4n) is 3.02. The fraction of sp³-hybridized carbons (Fsp3) is 0.300. The van der Waals surface area contributed by atoms with E-state index in [-0.39, 0.29) is 24.2 Å². The van der Waals surface area contributed by atoms with Crippen molar-refractivity contribution in [2.75, 3.05) is 17.6 Å². The van der Waals surface area contributed by atoms with Crippen molar-refractivity contribution in [1.29, 1.82) is 0 Å². The van der Waals surface area contributed by atoms with Crippen molar-refractivity contribution < 1.29 is 9.59 Å². The molecular weight excluding hydrogens is 350 g/mol. The number of amides is 2. The van der Waals surface area contributed by atoms with Crippen LogP contribution in [0.25, 0.3) is 0 Å². The Kier molecular flexibility index (Phi) is 7.04. The predicted molar refractivity (Wildman–Crippen MR) is 106 cm³/mol. The average Bonchev–Trinajstić information content (AvgIpc) is 3.01. The van der Waals surface area contributed by atoms with Crippen molar-refractivity contribution in [2.45, 2.75) is 32.2 Å². The minimum Gasteiger partial charge on any atom is -0.399 e. The molecule has 0 spiro atoms. The summed E-state index contributed by atoms with van der Waals surface area (Å²) in [5.41, 5.74) is 9.44. The Morgan fingerprint density at radius 1 is 1.12 bits per heavy atom. The Morgan fingerprint density at radius 2 is 1.85 bits per heavy atom. The maximum Gasteiger partial charge on any atom is 0.224 e. The van der Waals surface area contributed by atoms with Gasteiger partial charge in [0.2, 0.25) is 11.8 Å². The zero-order valence-electron chi connectivity index (χ0n) is 14.6. The molecule has 0 bridgehead atoms. The quantitative estimate of drug-likeness (QED) is 0.762. The van der Waals surface area contributed by atoms with Crippen LogP contribution in [0.1, 0.15) is 30.4 Å². The molecule has 1 aliphatic rings. The van der Waals surface area contributed by atoms with Gasteiger partial charge in [-0.15, -0.1) is 12.4 Å². The molecule has 0 aromatic heterocycles. The summed E-state index contributed by atoms with van der Waals surface area (Å²) in [6.45, 7) is 1.47. The van der Waals surface area contributed by atoms with Crippen LogP contribution in [0.4, 0.5) is 11.4 Å². The van der Waals surface area contributed by atoms with Gasteiger partial charge in [0.1, 0.15) is 0 Å². The van der Waals surface area contributed by atoms with Crippen molar-refractivity contribution in [1.82, 2.24) is 4.90 Å². The molecule has 3 rings (SSSR count). The van der Waals surface area contributed by atoms with Gasteiger partial charge in [-0.25, -0.2) is 0 Å². The summed E-state index contributed by atoms with van der Waals surface area (Å²) in [6, 6.07) is 15.3. The third-order valence-corrected chi connectivity index (χ3v) is 4.46. The molecule has 1 aliphatic heterocycles. The lowest BCUT2D eigenvalue weighted by Gasteiger charge is -2.15. The van der Waals surface area contributed by atoms with E-state index in [1.165, 1.54) is 0 Å². The van der Waals surface area contributed by atoms with Crippen LogP contribution >= 0.6 is 12.4 Å². The summed E-state index contributed by atoms with van der Waals surface area (Å²) in [7, 11) is 0. The van der Waals surface area contributed by atoms with Crippen molar-refractivity contribution in [3.63, 3.8) is 0 Å². The van der Waals surface area contributed by atoms with E-state index in [2.05, 4.69) is 5.32 Å². The van der Waals surface area contributed by atoms with E-state index in [1.54, 1.807) is 0 Å². The van der Waals surface area contributed by atoms with Gasteiger partial charge in [-0.05, 0) is 42.2 Å². The Morgan fingerprint density at radius 3 is 2.50 bits per heavy atom. The number of hydrogen-bond donors (Lipinski definition) is 2. The number of nitrogens with two attached hydrogens (primary N) is 1. The van der Waals surface area contributed by atoms with Crippen molar-refractivity contribution >= 4 is 35.6 Å². The number of carbonyl (C=O) groups excluding carboxylic acids is 2. The number of hydrogen-bond acceptors (Lipinski definition) is 3. The van der Waals surface area contributed by atoms with Crippen LogP contribution < -0.4 is 11.1 Å². The molecule has 0 atom stereocenters. The van der Waals surface area contributed by atoms with E-state index < -0.39 is 0 Å². The molecule has 1 saturated heterocycles. The molecule has 0 saturated carbocycles. The third kappa shape index (κ3) is 5.23. The van der Waals surface area contributed by atoms with E-state index in [9.17, 15) is 9.59 Å². The molecule has 2 aromatic carbocycles. The average molecular weight is 374 g/mol. The third-order valence-electron chi connectivity index (χ3n) is 4.46. The van der Waals surface area contributed by atoms with Crippen LogP contribution in [0.15, 0.2) is 48.5 Å². The Bertz CT molecular complexity index is 762. The number of para-hydroxylation sites is 1. The minimum absolute atomic E-state index is 0. The minimum atomic E-state index is -0.0364. The van der Waals surface area contributed by atoms with Gasteiger partial charge in [-0.1, -0.05) is 30.3 Å². The van der Waals surface area contributed by atoms with Gasteiger partial charge in [-0.2, -0.15) is 0 Å². The van der Waals surface area contributed by atoms with Crippen LogP contribution in [-0.2, 0) is 22.6 Å². The molecule has 2 aromatic rings. The molecule has 6 heteroatoms. The second-order valence-corrected chi connectivity index (χ2v) is 6.36. The second kappa shape index (κ2) is 9.25. The summed E-state index contributed by atoms with van der Waals surface area (Å²) in [4.78, 5) is 25.6. The van der Waals surface area contributed by atoms with Crippen LogP contribution in [0.5, 0.6) is 0 Å². The van der Waals surface area contributed by atoms with Crippen LogP contribution in [0.3, 0.4) is 0 Å². The monoisotopic (exact) mass is 373 g/mol. The lowest BCUT2D eigenvalue weighted by Crippen LogP contribution is -2.23. The highest BCUT2D eigenvalue weighted by atomic mass is 35.5. The number of anilines is 2. The van der Waals surface area contributed by atoms with Crippen molar-refractivity contribution in [3.8, 4) is 0 Å². The standard InChI is InChI=1S/C20H23N3O2.ClH/c21-18-5-2-1-4-16(18)9-12-19(24)22-17-10-7-15(8-11-17)14-23-13-3-6-20(23)25;/h1-2,4-5,7-8,10-11H,3,6,9,12-14,21H2,(H,22,24);1H. The number of nitrogens with zero attached hydrogens (tertiary/aromatic N) is 1. The molecular formula is C20H24ClN3O2. The largest absolute Gasteiger partial charge is 0.399 e. The molecule has 0 aliphatic carbocycles.